The van der Waals surface area contributed by atoms with Crippen molar-refractivity contribution in [1.82, 2.24) is 15.1 Å². The van der Waals surface area contributed by atoms with Crippen molar-refractivity contribution in [3.05, 3.63) is 35.4 Å². The monoisotopic (exact) mass is 400 g/mol. The predicted molar refractivity (Wildman–Crippen MR) is 116 cm³/mol. The Morgan fingerprint density at radius 2 is 1.86 bits per heavy atom. The van der Waals surface area contributed by atoms with Gasteiger partial charge in [0.2, 0.25) is 5.91 Å². The Kier molecular flexibility index (Phi) is 7.30. The number of likely N-dealkylation sites (tertiary alicyclic amines) is 1. The van der Waals surface area contributed by atoms with Crippen molar-refractivity contribution < 1.29 is 9.59 Å². The highest BCUT2D eigenvalue weighted by Gasteiger charge is 2.42. The largest absolute Gasteiger partial charge is 0.353 e. The van der Waals surface area contributed by atoms with E-state index < -0.39 is 6.04 Å². The summed E-state index contributed by atoms with van der Waals surface area (Å²) in [6, 6.07) is 8.15. The first-order chi connectivity index (χ1) is 13.9. The van der Waals surface area contributed by atoms with Gasteiger partial charge in [0.1, 0.15) is 6.04 Å². The number of rotatable bonds is 8. The highest BCUT2D eigenvalue weighted by molar-refractivity contribution is 5.97. The number of hydrogen-bond acceptors (Lipinski definition) is 4. The third kappa shape index (κ3) is 5.58. The van der Waals surface area contributed by atoms with Gasteiger partial charge in [0.05, 0.1) is 0 Å². The number of aryl methyl sites for hydroxylation is 1. The number of piperidine rings is 1. The van der Waals surface area contributed by atoms with Crippen LogP contribution >= 0.6 is 0 Å². The van der Waals surface area contributed by atoms with Crippen LogP contribution < -0.4 is 11.1 Å². The molecule has 1 aromatic rings. The third-order valence-corrected chi connectivity index (χ3v) is 5.94. The lowest BCUT2D eigenvalue weighted by molar-refractivity contribution is -0.127. The molecule has 0 bridgehead atoms. The molecule has 0 aromatic heterocycles. The topological polar surface area (TPSA) is 78.7 Å². The summed E-state index contributed by atoms with van der Waals surface area (Å²) in [5.74, 6) is 0.450. The van der Waals surface area contributed by atoms with E-state index in [0.29, 0.717) is 49.6 Å². The Labute approximate surface area is 174 Å². The fourth-order valence-electron chi connectivity index (χ4n) is 4.34. The minimum atomic E-state index is -0.442. The number of benzene rings is 1. The van der Waals surface area contributed by atoms with Crippen LogP contribution in [0.4, 0.5) is 0 Å². The van der Waals surface area contributed by atoms with Crippen molar-refractivity contribution >= 4 is 11.8 Å². The summed E-state index contributed by atoms with van der Waals surface area (Å²) < 4.78 is 0. The van der Waals surface area contributed by atoms with E-state index in [2.05, 4.69) is 24.1 Å². The summed E-state index contributed by atoms with van der Waals surface area (Å²) in [4.78, 5) is 30.5. The minimum absolute atomic E-state index is 0.0572. The maximum atomic E-state index is 13.2. The lowest BCUT2D eigenvalue weighted by Gasteiger charge is -2.43. The van der Waals surface area contributed by atoms with Gasteiger partial charge in [0, 0.05) is 43.8 Å². The van der Waals surface area contributed by atoms with E-state index in [1.54, 1.807) is 4.90 Å². The molecule has 1 unspecified atom stereocenters. The van der Waals surface area contributed by atoms with E-state index in [9.17, 15) is 9.59 Å². The molecule has 0 radical (unpaired) electrons. The number of hydrogen-bond donors (Lipinski definition) is 2. The lowest BCUT2D eigenvalue weighted by Crippen LogP contribution is -2.58. The molecule has 2 fully saturated rings. The molecule has 1 heterocycles. The van der Waals surface area contributed by atoms with Gasteiger partial charge >= 0.3 is 0 Å². The first kappa shape index (κ1) is 21.8. The molecule has 2 atom stereocenters. The van der Waals surface area contributed by atoms with E-state index in [0.717, 1.165) is 18.5 Å². The predicted octanol–water partition coefficient (Wildman–Crippen LogP) is 2.16. The van der Waals surface area contributed by atoms with Crippen molar-refractivity contribution in [2.45, 2.75) is 64.6 Å². The summed E-state index contributed by atoms with van der Waals surface area (Å²) in [7, 11) is 0. The first-order valence-corrected chi connectivity index (χ1v) is 11.0. The van der Waals surface area contributed by atoms with E-state index in [-0.39, 0.29) is 11.8 Å². The quantitative estimate of drug-likeness (QED) is 0.701. The molecule has 3 rings (SSSR count). The van der Waals surface area contributed by atoms with Crippen LogP contribution in [0.3, 0.4) is 0 Å². The molecule has 6 nitrogen and oxygen atoms in total. The van der Waals surface area contributed by atoms with Gasteiger partial charge in [0.15, 0.2) is 0 Å². The van der Waals surface area contributed by atoms with Crippen LogP contribution in [0.2, 0.25) is 0 Å². The van der Waals surface area contributed by atoms with Crippen LogP contribution in [-0.2, 0) is 4.79 Å². The zero-order chi connectivity index (χ0) is 21.0. The van der Waals surface area contributed by atoms with Gasteiger partial charge in [-0.25, -0.2) is 0 Å². The summed E-state index contributed by atoms with van der Waals surface area (Å²) in [5.41, 5.74) is 7.34. The van der Waals surface area contributed by atoms with Gasteiger partial charge in [-0.15, -0.1) is 0 Å². The molecule has 29 heavy (non-hydrogen) atoms. The third-order valence-electron chi connectivity index (χ3n) is 5.94. The second kappa shape index (κ2) is 9.72. The average Bonchev–Trinajstić information content (AvgIpc) is 3.55. The zero-order valence-corrected chi connectivity index (χ0v) is 18.1. The molecule has 1 aromatic carbocycles. The van der Waals surface area contributed by atoms with Crippen molar-refractivity contribution in [3.8, 4) is 0 Å². The fraction of sp³-hybridized carbons (Fsp3) is 0.652. The lowest BCUT2D eigenvalue weighted by atomic mass is 9.93. The van der Waals surface area contributed by atoms with Crippen LogP contribution in [-0.4, -0.2) is 65.9 Å². The molecule has 0 spiro atoms. The maximum absolute atomic E-state index is 13.2. The Hall–Kier alpha value is -1.92. The van der Waals surface area contributed by atoms with E-state index in [1.807, 2.05) is 31.2 Å². The number of carbonyl (C=O) groups is 2. The molecule has 2 amide bonds. The van der Waals surface area contributed by atoms with Crippen LogP contribution in [0.15, 0.2) is 24.3 Å². The number of nitrogens with two attached hydrogens (primary N) is 1. The maximum Gasteiger partial charge on any atom is 0.254 e. The van der Waals surface area contributed by atoms with Crippen molar-refractivity contribution in [3.63, 3.8) is 0 Å². The number of nitrogens with one attached hydrogen (secondary N) is 1. The first-order valence-electron chi connectivity index (χ1n) is 11.0. The number of nitrogens with zero attached hydrogens (tertiary/aromatic N) is 2. The van der Waals surface area contributed by atoms with Gasteiger partial charge in [-0.3, -0.25) is 14.5 Å². The van der Waals surface area contributed by atoms with E-state index >= 15 is 0 Å². The molecule has 1 aliphatic heterocycles. The second-order valence-corrected chi connectivity index (χ2v) is 8.96. The Balaban J connectivity index is 1.78. The molecule has 1 aliphatic carbocycles. The van der Waals surface area contributed by atoms with Gasteiger partial charge < -0.3 is 16.0 Å². The molecule has 160 valence electrons. The number of carbonyl (C=O) groups excluding carboxylic acids is 2. The highest BCUT2D eigenvalue weighted by Crippen LogP contribution is 2.34. The van der Waals surface area contributed by atoms with Gasteiger partial charge in [-0.1, -0.05) is 31.5 Å². The summed E-state index contributed by atoms with van der Waals surface area (Å²) in [6.07, 6.45) is 4.11. The van der Waals surface area contributed by atoms with Crippen LogP contribution in [0.5, 0.6) is 0 Å². The van der Waals surface area contributed by atoms with Crippen LogP contribution in [0.1, 0.15) is 55.5 Å². The van der Waals surface area contributed by atoms with Crippen molar-refractivity contribution in [2.24, 2.45) is 11.7 Å². The standard InChI is InChI=1S/C23H36N4O2/c1-16(2)15-27(19-8-9-19)20-10-13-26(21(14-20)22(28)25-12-11-24)23(29)18-6-4-17(3)5-7-18/h4-7,16,19-21H,8-15,24H2,1-3H3,(H,25,28)/t20?,21-/m1/s1. The molecule has 3 N–H and O–H groups in total. The molecule has 6 heteroatoms. The normalized spacial score (nSPS) is 22.2. The highest BCUT2D eigenvalue weighted by atomic mass is 16.2. The van der Waals surface area contributed by atoms with Crippen LogP contribution in [0, 0.1) is 12.8 Å². The summed E-state index contributed by atoms with van der Waals surface area (Å²) >= 11 is 0. The SMILES string of the molecule is Cc1ccc(C(=O)N2CCC(N(CC(C)C)C3CC3)C[C@@H]2C(=O)NCCN)cc1. The Morgan fingerprint density at radius 1 is 1.17 bits per heavy atom. The van der Waals surface area contributed by atoms with Gasteiger partial charge in [0.25, 0.3) is 5.91 Å². The molecule has 1 saturated carbocycles. The molecular weight excluding hydrogens is 364 g/mol. The Morgan fingerprint density at radius 3 is 2.45 bits per heavy atom. The fourth-order valence-corrected chi connectivity index (χ4v) is 4.34. The Bertz CT molecular complexity index is 699. The summed E-state index contributed by atoms with van der Waals surface area (Å²) in [6.45, 7) is 9.00. The van der Waals surface area contributed by atoms with Crippen molar-refractivity contribution in [2.75, 3.05) is 26.2 Å². The molecule has 2 aliphatic rings. The average molecular weight is 401 g/mol. The van der Waals surface area contributed by atoms with E-state index in [4.69, 9.17) is 5.73 Å². The van der Waals surface area contributed by atoms with E-state index in [1.165, 1.54) is 12.8 Å². The molecular formula is C23H36N4O2. The van der Waals surface area contributed by atoms with Gasteiger partial charge in [-0.05, 0) is 50.7 Å². The second-order valence-electron chi connectivity index (χ2n) is 8.96. The zero-order valence-electron chi connectivity index (χ0n) is 18.1. The smallest absolute Gasteiger partial charge is 0.254 e. The van der Waals surface area contributed by atoms with Crippen molar-refractivity contribution in [1.29, 1.82) is 0 Å². The number of amides is 2. The van der Waals surface area contributed by atoms with Gasteiger partial charge in [-0.2, -0.15) is 0 Å². The van der Waals surface area contributed by atoms with Crippen LogP contribution in [0.25, 0.3) is 0 Å². The molecule has 1 saturated heterocycles. The summed E-state index contributed by atoms with van der Waals surface area (Å²) in [5, 5.41) is 2.92. The minimum Gasteiger partial charge on any atom is -0.353 e.